The van der Waals surface area contributed by atoms with E-state index in [0.717, 1.165) is 24.5 Å². The number of fused-ring (bicyclic) bond motifs is 1. The first-order chi connectivity index (χ1) is 19.9. The van der Waals surface area contributed by atoms with Gasteiger partial charge in [0.1, 0.15) is 11.2 Å². The Morgan fingerprint density at radius 1 is 1.17 bits per heavy atom. The van der Waals surface area contributed by atoms with E-state index in [1.54, 1.807) is 43.4 Å². The summed E-state index contributed by atoms with van der Waals surface area (Å²) < 4.78 is 3.04. The summed E-state index contributed by atoms with van der Waals surface area (Å²) in [6, 6.07) is 9.83. The van der Waals surface area contributed by atoms with Crippen LogP contribution < -0.4 is 10.9 Å². The van der Waals surface area contributed by atoms with Gasteiger partial charge >= 0.3 is 0 Å². The van der Waals surface area contributed by atoms with E-state index in [1.165, 1.54) is 26.4 Å². The van der Waals surface area contributed by atoms with E-state index in [-0.39, 0.29) is 12.1 Å². The van der Waals surface area contributed by atoms with Gasteiger partial charge in [0.25, 0.3) is 11.5 Å². The molecular weight excluding hydrogens is 560 g/mol. The van der Waals surface area contributed by atoms with E-state index >= 15 is 0 Å². The molecule has 0 radical (unpaired) electrons. The summed E-state index contributed by atoms with van der Waals surface area (Å²) in [5, 5.41) is 14.9. The molecule has 1 aromatic carbocycles. The number of benzene rings is 1. The Hall–Kier alpha value is -4.14. The van der Waals surface area contributed by atoms with Gasteiger partial charge in [-0.2, -0.15) is 21.4 Å². The number of rotatable bonds is 7. The van der Waals surface area contributed by atoms with Crippen molar-refractivity contribution in [2.24, 2.45) is 0 Å². The first-order valence-corrected chi connectivity index (χ1v) is 14.9. The molecule has 1 N–H and O–H groups in total. The molecule has 41 heavy (non-hydrogen) atoms. The summed E-state index contributed by atoms with van der Waals surface area (Å²) in [5.41, 5.74) is 2.68. The number of aromatic nitrogens is 7. The molecule has 5 heterocycles. The molecule has 1 unspecified atom stereocenters. The van der Waals surface area contributed by atoms with Crippen molar-refractivity contribution >= 4 is 51.7 Å². The molecule has 0 saturated carbocycles. The van der Waals surface area contributed by atoms with Gasteiger partial charge in [0, 0.05) is 67.0 Å². The number of pyridine rings is 1. The van der Waals surface area contributed by atoms with E-state index in [0.29, 0.717) is 33.1 Å². The molecule has 4 aromatic heterocycles. The monoisotopic (exact) mass is 588 g/mol. The maximum Gasteiger partial charge on any atom is 0.265 e. The molecule has 5 aromatic rings. The number of anilines is 2. The number of likely N-dealkylation sites (N-methyl/N-ethyl adjacent to an activating group) is 1. The van der Waals surface area contributed by atoms with E-state index in [9.17, 15) is 9.59 Å². The van der Waals surface area contributed by atoms with Crippen LogP contribution in [0.3, 0.4) is 0 Å². The standard InChI is InChI=1S/C27H28N10O2S2/c1-34(2)24(38)21-12-18-13-29-26(31-19-6-4-17(5-7-19)22-16-35(3)9-11-40-22)32-23(18)36(25(21)39)15-20-14-30-33-37(20)27-28-8-10-41-27/h4-8,10,12-14,22H,9,11,15-16H2,1-3H3,(H,29,31,32). The Labute approximate surface area is 244 Å². The van der Waals surface area contributed by atoms with Crippen LogP contribution in [0.25, 0.3) is 16.2 Å². The Morgan fingerprint density at radius 2 is 2.00 bits per heavy atom. The van der Waals surface area contributed by atoms with Gasteiger partial charge in [-0.25, -0.2) is 9.97 Å². The largest absolute Gasteiger partial charge is 0.345 e. The number of hydrogen-bond acceptors (Lipinski definition) is 11. The number of nitrogens with one attached hydrogen (secondary N) is 1. The van der Waals surface area contributed by atoms with Crippen molar-refractivity contribution < 1.29 is 4.79 Å². The van der Waals surface area contributed by atoms with Crippen molar-refractivity contribution in [3.05, 3.63) is 81.5 Å². The zero-order valence-corrected chi connectivity index (χ0v) is 24.4. The minimum atomic E-state index is -0.466. The van der Waals surface area contributed by atoms with Gasteiger partial charge in [0.2, 0.25) is 11.1 Å². The number of nitrogens with zero attached hydrogens (tertiary/aromatic N) is 9. The Morgan fingerprint density at radius 3 is 2.73 bits per heavy atom. The van der Waals surface area contributed by atoms with Crippen LogP contribution in [0.15, 0.2) is 59.1 Å². The van der Waals surface area contributed by atoms with Gasteiger partial charge in [-0.15, -0.1) is 16.4 Å². The molecule has 0 bridgehead atoms. The van der Waals surface area contributed by atoms with Gasteiger partial charge in [-0.05, 0) is 30.8 Å². The molecule has 210 valence electrons. The number of thioether (sulfide) groups is 1. The van der Waals surface area contributed by atoms with Crippen molar-refractivity contribution in [3.63, 3.8) is 0 Å². The van der Waals surface area contributed by atoms with Crippen LogP contribution in [-0.4, -0.2) is 90.2 Å². The highest BCUT2D eigenvalue weighted by molar-refractivity contribution is 7.99. The molecule has 1 aliphatic heterocycles. The number of hydrogen-bond donors (Lipinski definition) is 1. The Kier molecular flexibility index (Phi) is 7.51. The summed E-state index contributed by atoms with van der Waals surface area (Å²) >= 11 is 3.38. The first kappa shape index (κ1) is 27.1. The van der Waals surface area contributed by atoms with Gasteiger partial charge in [-0.3, -0.25) is 14.2 Å². The van der Waals surface area contributed by atoms with Crippen molar-refractivity contribution in [2.75, 3.05) is 45.3 Å². The minimum Gasteiger partial charge on any atom is -0.345 e. The third-order valence-corrected chi connectivity index (χ3v) is 8.80. The molecule has 1 fully saturated rings. The average Bonchev–Trinajstić information content (AvgIpc) is 3.67. The van der Waals surface area contributed by atoms with E-state index in [4.69, 9.17) is 4.98 Å². The van der Waals surface area contributed by atoms with E-state index in [1.807, 2.05) is 29.3 Å². The number of amides is 1. The fourth-order valence-corrected chi connectivity index (χ4v) is 6.69. The van der Waals surface area contributed by atoms with Gasteiger partial charge in [0.15, 0.2) is 0 Å². The SMILES string of the molecule is CN1CCSC(c2ccc(Nc3ncc4cc(C(=O)N(C)C)c(=O)n(Cc5cnnn5-c5nccs5)c4n3)cc2)C1. The maximum absolute atomic E-state index is 13.7. The molecular formula is C27H28N10O2S2. The quantitative estimate of drug-likeness (QED) is 0.303. The minimum absolute atomic E-state index is 0.0295. The highest BCUT2D eigenvalue weighted by Crippen LogP contribution is 2.33. The fourth-order valence-electron chi connectivity index (χ4n) is 4.66. The summed E-state index contributed by atoms with van der Waals surface area (Å²) in [6.07, 6.45) is 4.87. The van der Waals surface area contributed by atoms with E-state index < -0.39 is 11.5 Å². The molecule has 0 spiro atoms. The second-order valence-electron chi connectivity index (χ2n) is 9.94. The van der Waals surface area contributed by atoms with Gasteiger partial charge in [0.05, 0.1) is 18.4 Å². The zero-order chi connectivity index (χ0) is 28.5. The predicted octanol–water partition coefficient (Wildman–Crippen LogP) is 3.04. The number of thiazole rings is 1. The van der Waals surface area contributed by atoms with Crippen LogP contribution in [0.2, 0.25) is 0 Å². The molecule has 6 rings (SSSR count). The van der Waals surface area contributed by atoms with Crippen molar-refractivity contribution in [1.82, 2.24) is 44.3 Å². The summed E-state index contributed by atoms with van der Waals surface area (Å²) in [5.74, 6) is 1.06. The summed E-state index contributed by atoms with van der Waals surface area (Å²) in [7, 11) is 5.37. The van der Waals surface area contributed by atoms with Crippen LogP contribution >= 0.6 is 23.1 Å². The van der Waals surface area contributed by atoms with Gasteiger partial charge < -0.3 is 15.1 Å². The molecule has 1 saturated heterocycles. The topological polar surface area (TPSA) is 127 Å². The Balaban J connectivity index is 1.36. The lowest BCUT2D eigenvalue weighted by atomic mass is 10.1. The van der Waals surface area contributed by atoms with Crippen LogP contribution in [0.4, 0.5) is 11.6 Å². The summed E-state index contributed by atoms with van der Waals surface area (Å²) in [4.78, 5) is 43.8. The lowest BCUT2D eigenvalue weighted by Gasteiger charge is -2.29. The molecule has 1 atom stereocenters. The highest BCUT2D eigenvalue weighted by atomic mass is 32.2. The lowest BCUT2D eigenvalue weighted by molar-refractivity contribution is 0.0825. The van der Waals surface area contributed by atoms with Crippen LogP contribution in [-0.2, 0) is 6.54 Å². The Bertz CT molecular complexity index is 1750. The predicted molar refractivity (Wildman–Crippen MR) is 160 cm³/mol. The molecule has 12 nitrogen and oxygen atoms in total. The van der Waals surface area contributed by atoms with Crippen molar-refractivity contribution in [3.8, 4) is 5.13 Å². The third kappa shape index (κ3) is 5.58. The third-order valence-electron chi connectivity index (χ3n) is 6.81. The number of carbonyl (C=O) groups excluding carboxylic acids is 1. The van der Waals surface area contributed by atoms with Crippen LogP contribution in [0, 0.1) is 0 Å². The summed E-state index contributed by atoms with van der Waals surface area (Å²) in [6.45, 7) is 2.22. The van der Waals surface area contributed by atoms with E-state index in [2.05, 4.69) is 49.7 Å². The molecule has 0 aliphatic carbocycles. The van der Waals surface area contributed by atoms with Gasteiger partial charge in [-0.1, -0.05) is 17.3 Å². The first-order valence-electron chi connectivity index (χ1n) is 13.0. The average molecular weight is 589 g/mol. The second kappa shape index (κ2) is 11.4. The second-order valence-corrected chi connectivity index (χ2v) is 12.1. The van der Waals surface area contributed by atoms with Crippen LogP contribution in [0.1, 0.15) is 26.9 Å². The lowest BCUT2D eigenvalue weighted by Crippen LogP contribution is -2.33. The zero-order valence-electron chi connectivity index (χ0n) is 22.8. The highest BCUT2D eigenvalue weighted by Gasteiger charge is 2.21. The molecule has 1 aliphatic rings. The van der Waals surface area contributed by atoms with Crippen molar-refractivity contribution in [1.29, 1.82) is 0 Å². The fraction of sp³-hybridized carbons (Fsp3) is 0.296. The maximum atomic E-state index is 13.7. The molecule has 14 heteroatoms. The smallest absolute Gasteiger partial charge is 0.265 e. The normalized spacial score (nSPS) is 15.7. The molecule has 1 amide bonds. The number of carbonyl (C=O) groups is 1. The van der Waals surface area contributed by atoms with Crippen molar-refractivity contribution in [2.45, 2.75) is 11.8 Å². The van der Waals surface area contributed by atoms with Crippen LogP contribution in [0.5, 0.6) is 0 Å².